The molecule has 1 saturated carbocycles. The predicted molar refractivity (Wildman–Crippen MR) is 85.2 cm³/mol. The summed E-state index contributed by atoms with van der Waals surface area (Å²) in [6, 6.07) is 7.63. The van der Waals surface area contributed by atoms with Gasteiger partial charge in [-0.15, -0.1) is 0 Å². The summed E-state index contributed by atoms with van der Waals surface area (Å²) in [6.45, 7) is 10.3. The summed E-state index contributed by atoms with van der Waals surface area (Å²) < 4.78 is 13.2. The fraction of sp³-hybridized carbons (Fsp3) is 0.556. The van der Waals surface area contributed by atoms with E-state index in [1.165, 1.54) is 0 Å². The van der Waals surface area contributed by atoms with E-state index >= 15 is 0 Å². The minimum Gasteiger partial charge on any atom is -0.489 e. The zero-order valence-corrected chi connectivity index (χ0v) is 13.9. The Balaban J connectivity index is 2.19. The Hall–Kier alpha value is -2.02. The van der Waals surface area contributed by atoms with Crippen LogP contribution in [-0.4, -0.2) is 12.0 Å². The van der Waals surface area contributed by atoms with Crippen LogP contribution in [0.15, 0.2) is 18.2 Å². The number of nitriles is 1. The van der Waals surface area contributed by atoms with Gasteiger partial charge in [0.25, 0.3) is 0 Å². The van der Waals surface area contributed by atoms with Gasteiger partial charge in [-0.05, 0) is 36.6 Å². The monoisotopic (exact) mass is 301 g/mol. The molecule has 4 heteroatoms. The molecule has 0 atom stereocenters. The van der Waals surface area contributed by atoms with Gasteiger partial charge in [0.2, 0.25) is 5.91 Å². The number of hydrogen-bond donors (Lipinski definition) is 1. The van der Waals surface area contributed by atoms with Crippen LogP contribution in [-0.2, 0) is 4.79 Å². The molecule has 0 aliphatic heterocycles. The van der Waals surface area contributed by atoms with Crippen molar-refractivity contribution in [3.8, 4) is 11.8 Å². The van der Waals surface area contributed by atoms with Gasteiger partial charge >= 0.3 is 0 Å². The van der Waals surface area contributed by atoms with Crippen molar-refractivity contribution >= 4 is 5.91 Å². The largest absolute Gasteiger partial charge is 0.489 e. The van der Waals surface area contributed by atoms with E-state index in [1.807, 2.05) is 24.8 Å². The molecular formula is C18H24N2O2. The molecule has 1 fully saturated rings. The third kappa shape index (κ3) is 2.56. The smallest absolute Gasteiger partial charge is 0.217 e. The maximum absolute atomic E-state index is 11.6. The predicted octanol–water partition coefficient (Wildman–Crippen LogP) is 3.17. The second-order valence-electron chi connectivity index (χ2n) is 7.41. The SMILES string of the molecule is [2H]NC(=O)CC1C(C)(C)C(Oc2ccc(C#N)c(C)c2)C1(C)C. The van der Waals surface area contributed by atoms with Crippen LogP contribution in [0.25, 0.3) is 0 Å². The van der Waals surface area contributed by atoms with E-state index in [0.717, 1.165) is 11.3 Å². The first kappa shape index (κ1) is 14.9. The van der Waals surface area contributed by atoms with Crippen LogP contribution >= 0.6 is 0 Å². The molecule has 0 saturated heterocycles. The Bertz CT molecular complexity index is 645. The van der Waals surface area contributed by atoms with E-state index in [1.54, 1.807) is 6.07 Å². The number of primary amides is 1. The number of amides is 1. The Morgan fingerprint density at radius 2 is 2.05 bits per heavy atom. The molecule has 0 spiro atoms. The molecule has 0 bridgehead atoms. The molecule has 1 aliphatic carbocycles. The second-order valence-corrected chi connectivity index (χ2v) is 7.41. The molecule has 1 aromatic carbocycles. The molecular weight excluding hydrogens is 276 g/mol. The van der Waals surface area contributed by atoms with Crippen LogP contribution in [0.2, 0.25) is 1.41 Å². The van der Waals surface area contributed by atoms with Crippen LogP contribution in [0.5, 0.6) is 5.75 Å². The summed E-state index contributed by atoms with van der Waals surface area (Å²) in [5.41, 5.74) is 3.17. The van der Waals surface area contributed by atoms with Crippen LogP contribution in [0.3, 0.4) is 0 Å². The van der Waals surface area contributed by atoms with E-state index in [9.17, 15) is 4.79 Å². The van der Waals surface area contributed by atoms with E-state index in [4.69, 9.17) is 11.4 Å². The normalized spacial score (nSPS) is 25.4. The van der Waals surface area contributed by atoms with Gasteiger partial charge in [-0.2, -0.15) is 5.26 Å². The van der Waals surface area contributed by atoms with Gasteiger partial charge in [0.05, 0.1) is 11.6 Å². The first-order valence-electron chi connectivity index (χ1n) is 8.02. The summed E-state index contributed by atoms with van der Waals surface area (Å²) in [7, 11) is 0. The molecule has 1 amide bonds. The zero-order chi connectivity index (χ0) is 17.4. The van der Waals surface area contributed by atoms with Crippen LogP contribution in [0.4, 0.5) is 0 Å². The fourth-order valence-corrected chi connectivity index (χ4v) is 4.17. The number of hydrogen-bond acceptors (Lipinski definition) is 3. The number of carbonyl (C=O) groups excluding carboxylic acids is 1. The fourth-order valence-electron chi connectivity index (χ4n) is 4.17. The lowest BCUT2D eigenvalue weighted by atomic mass is 9.45. The highest BCUT2D eigenvalue weighted by Crippen LogP contribution is 2.61. The van der Waals surface area contributed by atoms with Gasteiger partial charge in [0, 0.05) is 17.3 Å². The summed E-state index contributed by atoms with van der Waals surface area (Å²) in [6.07, 6.45) is 0.293. The second kappa shape index (κ2) is 5.31. The van der Waals surface area contributed by atoms with Gasteiger partial charge in [0.15, 0.2) is 1.41 Å². The standard InChI is InChI=1S/C18H24N2O2/c1-11-8-13(7-6-12(11)10-19)22-16-17(2,3)14(9-15(20)21)18(16,4)5/h6-8,14,16H,9H2,1-5H3,(H2,20,21)/i/hD. The molecule has 0 aromatic heterocycles. The molecule has 2 rings (SSSR count). The number of rotatable bonds is 4. The maximum Gasteiger partial charge on any atom is 0.217 e. The number of benzene rings is 1. The van der Waals surface area contributed by atoms with E-state index < -0.39 is 0 Å². The molecule has 118 valence electrons. The summed E-state index contributed by atoms with van der Waals surface area (Å²) in [5, 5.41) is 9.01. The first-order chi connectivity index (χ1) is 10.6. The highest BCUT2D eigenvalue weighted by molar-refractivity contribution is 5.74. The van der Waals surface area contributed by atoms with Crippen molar-refractivity contribution in [1.82, 2.24) is 0 Å². The van der Waals surface area contributed by atoms with Crippen molar-refractivity contribution in [1.29, 1.82) is 5.26 Å². The average Bonchev–Trinajstić information content (AvgIpc) is 2.49. The Labute approximate surface area is 133 Å². The third-order valence-electron chi connectivity index (χ3n) is 5.11. The lowest BCUT2D eigenvalue weighted by Gasteiger charge is -2.63. The van der Waals surface area contributed by atoms with Gasteiger partial charge in [0.1, 0.15) is 11.9 Å². The summed E-state index contributed by atoms with van der Waals surface area (Å²) in [5.74, 6) is 0.629. The Kier molecular flexibility index (Phi) is 3.60. The van der Waals surface area contributed by atoms with Crippen molar-refractivity contribution < 1.29 is 10.9 Å². The van der Waals surface area contributed by atoms with Gasteiger partial charge < -0.3 is 10.5 Å². The molecule has 2 N–H and O–H groups in total. The van der Waals surface area contributed by atoms with E-state index in [-0.39, 0.29) is 28.8 Å². The van der Waals surface area contributed by atoms with Crippen molar-refractivity contribution in [3.05, 3.63) is 29.3 Å². The summed E-state index contributed by atoms with van der Waals surface area (Å²) >= 11 is 0. The summed E-state index contributed by atoms with van der Waals surface area (Å²) in [4.78, 5) is 11.6. The maximum atomic E-state index is 11.6. The number of aryl methyl sites for hydroxylation is 1. The number of carbonyl (C=O) groups is 1. The molecule has 1 aromatic rings. The molecule has 0 radical (unpaired) electrons. The topological polar surface area (TPSA) is 76.1 Å². The zero-order valence-electron chi connectivity index (χ0n) is 14.9. The van der Waals surface area contributed by atoms with Crippen molar-refractivity contribution in [2.75, 3.05) is 0 Å². The quantitative estimate of drug-likeness (QED) is 0.928. The first-order valence-corrected chi connectivity index (χ1v) is 7.52. The third-order valence-corrected chi connectivity index (χ3v) is 5.11. The average molecular weight is 301 g/mol. The van der Waals surface area contributed by atoms with Crippen molar-refractivity contribution in [2.24, 2.45) is 22.5 Å². The Morgan fingerprint density at radius 1 is 1.41 bits per heavy atom. The highest BCUT2D eigenvalue weighted by Gasteiger charge is 2.63. The lowest BCUT2D eigenvalue weighted by Crippen LogP contribution is -2.66. The van der Waals surface area contributed by atoms with Crippen molar-refractivity contribution in [2.45, 2.75) is 47.1 Å². The molecule has 0 unspecified atom stereocenters. The Morgan fingerprint density at radius 3 is 2.55 bits per heavy atom. The molecule has 4 nitrogen and oxygen atoms in total. The minimum absolute atomic E-state index is 0.0362. The van der Waals surface area contributed by atoms with E-state index in [2.05, 4.69) is 33.8 Å². The van der Waals surface area contributed by atoms with Crippen LogP contribution in [0.1, 0.15) is 45.2 Å². The van der Waals surface area contributed by atoms with Gasteiger partial charge in [-0.1, -0.05) is 27.7 Å². The van der Waals surface area contributed by atoms with Crippen LogP contribution < -0.4 is 10.5 Å². The molecule has 0 heterocycles. The number of nitrogens with zero attached hydrogens (tertiary/aromatic N) is 1. The van der Waals surface area contributed by atoms with E-state index in [0.29, 0.717) is 12.0 Å². The van der Waals surface area contributed by atoms with Crippen molar-refractivity contribution in [3.63, 3.8) is 0 Å². The van der Waals surface area contributed by atoms with Crippen LogP contribution in [0, 0.1) is 35.0 Å². The molecule has 22 heavy (non-hydrogen) atoms. The molecule has 1 aliphatic rings. The van der Waals surface area contributed by atoms with Gasteiger partial charge in [-0.3, -0.25) is 4.79 Å². The minimum atomic E-state index is -0.260. The number of ether oxygens (including phenoxy) is 1. The number of nitrogens with two attached hydrogens (primary N) is 1. The highest BCUT2D eigenvalue weighted by atomic mass is 16.5. The lowest BCUT2D eigenvalue weighted by molar-refractivity contribution is -0.200. The van der Waals surface area contributed by atoms with Gasteiger partial charge in [-0.25, -0.2) is 0 Å².